The molecule has 1 heterocycles. The Bertz CT molecular complexity index is 458. The number of amides is 1. The molecule has 112 valence electrons. The molecule has 1 aromatic heterocycles. The average Bonchev–Trinajstić information content (AvgIpc) is 2.80. The van der Waals surface area contributed by atoms with E-state index in [1.54, 1.807) is 11.3 Å². The summed E-state index contributed by atoms with van der Waals surface area (Å²) < 4.78 is 0. The number of fused-ring (bicyclic) bond motifs is 1. The van der Waals surface area contributed by atoms with Gasteiger partial charge in [0.2, 0.25) is 5.91 Å². The van der Waals surface area contributed by atoms with E-state index in [9.17, 15) is 4.79 Å². The third kappa shape index (κ3) is 3.79. The highest BCUT2D eigenvalue weighted by Gasteiger charge is 2.25. The zero-order valence-corrected chi connectivity index (χ0v) is 13.6. The number of carbonyl (C=O) groups excluding carboxylic acids is 1. The van der Waals surface area contributed by atoms with Crippen molar-refractivity contribution in [2.75, 3.05) is 18.9 Å². The summed E-state index contributed by atoms with van der Waals surface area (Å²) in [7, 11) is 2.21. The molecular formula is C15H25N3OS. The first-order valence-electron chi connectivity index (χ1n) is 7.62. The Hall–Kier alpha value is -0.940. The van der Waals surface area contributed by atoms with Gasteiger partial charge in [0.25, 0.3) is 0 Å². The Labute approximate surface area is 125 Å². The van der Waals surface area contributed by atoms with Gasteiger partial charge in [0, 0.05) is 17.3 Å². The lowest BCUT2D eigenvalue weighted by Crippen LogP contribution is -2.36. The van der Waals surface area contributed by atoms with Crippen LogP contribution in [0.3, 0.4) is 0 Å². The molecule has 1 aliphatic carbocycles. The van der Waals surface area contributed by atoms with Crippen LogP contribution in [0, 0.1) is 0 Å². The fourth-order valence-electron chi connectivity index (χ4n) is 2.73. The van der Waals surface area contributed by atoms with Gasteiger partial charge in [-0.15, -0.1) is 11.3 Å². The van der Waals surface area contributed by atoms with Crippen molar-refractivity contribution in [3.63, 3.8) is 0 Å². The van der Waals surface area contributed by atoms with Crippen molar-refractivity contribution in [3.05, 3.63) is 10.6 Å². The Morgan fingerprint density at radius 2 is 2.25 bits per heavy atom. The summed E-state index contributed by atoms with van der Waals surface area (Å²) in [6.07, 6.45) is 5.94. The predicted octanol–water partition coefficient (Wildman–Crippen LogP) is 3.08. The number of aromatic nitrogens is 1. The molecule has 0 saturated heterocycles. The number of carbonyl (C=O) groups is 1. The van der Waals surface area contributed by atoms with E-state index in [-0.39, 0.29) is 5.91 Å². The number of thiazole rings is 1. The summed E-state index contributed by atoms with van der Waals surface area (Å²) in [6, 6.07) is 0.627. The SMILES string of the molecule is CCCC(=O)Nc1nc2c(s1)C[C@@H](N(C)CCC)CC2. The fourth-order valence-corrected chi connectivity index (χ4v) is 3.83. The van der Waals surface area contributed by atoms with Crippen LogP contribution in [0.2, 0.25) is 0 Å². The number of hydrogen-bond acceptors (Lipinski definition) is 4. The van der Waals surface area contributed by atoms with Crippen LogP contribution < -0.4 is 5.32 Å². The van der Waals surface area contributed by atoms with Crippen LogP contribution in [0.15, 0.2) is 0 Å². The summed E-state index contributed by atoms with van der Waals surface area (Å²) in [6.45, 7) is 5.39. The van der Waals surface area contributed by atoms with Gasteiger partial charge in [0.15, 0.2) is 5.13 Å². The molecule has 0 unspecified atom stereocenters. The summed E-state index contributed by atoms with van der Waals surface area (Å²) in [5.41, 5.74) is 1.20. The number of hydrogen-bond donors (Lipinski definition) is 1. The van der Waals surface area contributed by atoms with Crippen molar-refractivity contribution < 1.29 is 4.79 Å². The molecule has 0 aromatic carbocycles. The highest BCUT2D eigenvalue weighted by molar-refractivity contribution is 7.15. The molecule has 1 amide bonds. The lowest BCUT2D eigenvalue weighted by molar-refractivity contribution is -0.116. The molecule has 0 aliphatic heterocycles. The monoisotopic (exact) mass is 295 g/mol. The smallest absolute Gasteiger partial charge is 0.226 e. The van der Waals surface area contributed by atoms with E-state index in [1.807, 2.05) is 6.92 Å². The van der Waals surface area contributed by atoms with Gasteiger partial charge in [-0.2, -0.15) is 0 Å². The van der Waals surface area contributed by atoms with E-state index in [0.29, 0.717) is 12.5 Å². The minimum Gasteiger partial charge on any atom is -0.303 e. The minimum absolute atomic E-state index is 0.0817. The molecule has 2 rings (SSSR count). The van der Waals surface area contributed by atoms with E-state index < -0.39 is 0 Å². The molecule has 20 heavy (non-hydrogen) atoms. The highest BCUT2D eigenvalue weighted by Crippen LogP contribution is 2.31. The van der Waals surface area contributed by atoms with E-state index in [1.165, 1.54) is 23.4 Å². The van der Waals surface area contributed by atoms with Gasteiger partial charge in [-0.05, 0) is 45.7 Å². The Morgan fingerprint density at radius 1 is 1.45 bits per heavy atom. The second-order valence-electron chi connectivity index (χ2n) is 5.56. The predicted molar refractivity (Wildman–Crippen MR) is 84.4 cm³/mol. The van der Waals surface area contributed by atoms with Crippen molar-refractivity contribution in [1.29, 1.82) is 0 Å². The third-order valence-electron chi connectivity index (χ3n) is 3.84. The van der Waals surface area contributed by atoms with Crippen LogP contribution in [-0.4, -0.2) is 35.4 Å². The molecule has 1 N–H and O–H groups in total. The maximum atomic E-state index is 11.6. The van der Waals surface area contributed by atoms with Crippen molar-refractivity contribution in [2.45, 2.75) is 58.4 Å². The number of likely N-dealkylation sites (N-methyl/N-ethyl adjacent to an activating group) is 1. The molecule has 1 atom stereocenters. The molecule has 0 saturated carbocycles. The van der Waals surface area contributed by atoms with Crippen LogP contribution >= 0.6 is 11.3 Å². The number of nitrogens with zero attached hydrogens (tertiary/aromatic N) is 2. The van der Waals surface area contributed by atoms with Crippen LogP contribution in [0.25, 0.3) is 0 Å². The van der Waals surface area contributed by atoms with Crippen LogP contribution in [-0.2, 0) is 17.6 Å². The van der Waals surface area contributed by atoms with Gasteiger partial charge in [-0.25, -0.2) is 4.98 Å². The highest BCUT2D eigenvalue weighted by atomic mass is 32.1. The van der Waals surface area contributed by atoms with E-state index in [2.05, 4.69) is 29.2 Å². The topological polar surface area (TPSA) is 45.2 Å². The molecule has 5 heteroatoms. The summed E-state index contributed by atoms with van der Waals surface area (Å²) in [5.74, 6) is 0.0817. The quantitative estimate of drug-likeness (QED) is 0.877. The Balaban J connectivity index is 1.99. The van der Waals surface area contributed by atoms with Gasteiger partial charge in [0.1, 0.15) is 0 Å². The van der Waals surface area contributed by atoms with Gasteiger partial charge in [-0.3, -0.25) is 4.79 Å². The van der Waals surface area contributed by atoms with Crippen LogP contribution in [0.4, 0.5) is 5.13 Å². The summed E-state index contributed by atoms with van der Waals surface area (Å²) in [4.78, 5) is 20.0. The van der Waals surface area contributed by atoms with Crippen molar-refractivity contribution in [2.24, 2.45) is 0 Å². The molecule has 0 spiro atoms. The normalized spacial score (nSPS) is 18.1. The molecule has 1 aromatic rings. The van der Waals surface area contributed by atoms with E-state index in [0.717, 1.165) is 30.9 Å². The largest absolute Gasteiger partial charge is 0.303 e. The first-order valence-corrected chi connectivity index (χ1v) is 8.44. The summed E-state index contributed by atoms with van der Waals surface area (Å²) >= 11 is 1.66. The summed E-state index contributed by atoms with van der Waals surface area (Å²) in [5, 5.41) is 3.71. The fraction of sp³-hybridized carbons (Fsp3) is 0.733. The molecule has 0 fully saturated rings. The van der Waals surface area contributed by atoms with E-state index >= 15 is 0 Å². The van der Waals surface area contributed by atoms with Crippen LogP contribution in [0.1, 0.15) is 50.1 Å². The maximum Gasteiger partial charge on any atom is 0.226 e. The third-order valence-corrected chi connectivity index (χ3v) is 4.87. The number of nitrogens with one attached hydrogen (secondary N) is 1. The number of aryl methyl sites for hydroxylation is 1. The van der Waals surface area contributed by atoms with Crippen molar-refractivity contribution >= 4 is 22.4 Å². The average molecular weight is 295 g/mol. The Morgan fingerprint density at radius 3 is 2.95 bits per heavy atom. The first kappa shape index (κ1) is 15.4. The molecule has 0 bridgehead atoms. The minimum atomic E-state index is 0.0817. The zero-order chi connectivity index (χ0) is 14.5. The number of anilines is 1. The van der Waals surface area contributed by atoms with Crippen LogP contribution in [0.5, 0.6) is 0 Å². The first-order chi connectivity index (χ1) is 9.63. The van der Waals surface area contributed by atoms with Gasteiger partial charge in [-0.1, -0.05) is 13.8 Å². The second kappa shape index (κ2) is 7.18. The van der Waals surface area contributed by atoms with Gasteiger partial charge in [0.05, 0.1) is 5.69 Å². The Kier molecular flexibility index (Phi) is 5.54. The van der Waals surface area contributed by atoms with Gasteiger partial charge < -0.3 is 10.2 Å². The van der Waals surface area contributed by atoms with Crippen molar-refractivity contribution in [3.8, 4) is 0 Å². The molecular weight excluding hydrogens is 270 g/mol. The maximum absolute atomic E-state index is 11.6. The second-order valence-corrected chi connectivity index (χ2v) is 6.65. The number of rotatable bonds is 6. The van der Waals surface area contributed by atoms with Crippen molar-refractivity contribution in [1.82, 2.24) is 9.88 Å². The molecule has 1 aliphatic rings. The van der Waals surface area contributed by atoms with Gasteiger partial charge >= 0.3 is 0 Å². The molecule has 4 nitrogen and oxygen atoms in total. The van der Waals surface area contributed by atoms with E-state index in [4.69, 9.17) is 0 Å². The zero-order valence-electron chi connectivity index (χ0n) is 12.7. The molecule has 0 radical (unpaired) electrons. The lowest BCUT2D eigenvalue weighted by Gasteiger charge is -2.30. The lowest BCUT2D eigenvalue weighted by atomic mass is 9.96. The standard InChI is InChI=1S/C15H25N3OS/c1-4-6-14(19)17-15-16-12-8-7-11(10-13(12)20-15)18(3)9-5-2/h11H,4-10H2,1-3H3,(H,16,17,19)/t11-/m0/s1.